The third-order valence-corrected chi connectivity index (χ3v) is 5.10. The first-order valence-corrected chi connectivity index (χ1v) is 10.4. The summed E-state index contributed by atoms with van der Waals surface area (Å²) in [4.78, 5) is 12.4. The Hall–Kier alpha value is -4.68. The third kappa shape index (κ3) is 4.82. The second-order valence-corrected chi connectivity index (χ2v) is 7.55. The van der Waals surface area contributed by atoms with Crippen LogP contribution in [0.2, 0.25) is 0 Å². The average Bonchev–Trinajstić information content (AvgIpc) is 2.91. The second kappa shape index (κ2) is 10.4. The predicted octanol–water partition coefficient (Wildman–Crippen LogP) is 6.46. The number of amides is 1. The van der Waals surface area contributed by atoms with Crippen LogP contribution in [0.4, 0.5) is 40.8 Å². The second-order valence-electron chi connectivity index (χ2n) is 7.55. The van der Waals surface area contributed by atoms with E-state index in [0.29, 0.717) is 18.5 Å². The van der Waals surface area contributed by atoms with E-state index < -0.39 is 69.8 Å². The molecule has 1 N–H and O–H groups in total. The molecule has 0 aliphatic rings. The first-order chi connectivity index (χ1) is 18.0. The monoisotopic (exact) mass is 541 g/mol. The molecule has 4 rings (SSSR count). The van der Waals surface area contributed by atoms with Crippen LogP contribution in [0.1, 0.15) is 10.4 Å². The van der Waals surface area contributed by atoms with Crippen molar-refractivity contribution in [1.29, 1.82) is 0 Å². The predicted molar refractivity (Wildman–Crippen MR) is 115 cm³/mol. The average molecular weight is 541 g/mol. The van der Waals surface area contributed by atoms with Gasteiger partial charge in [0.25, 0.3) is 17.5 Å². The Morgan fingerprint density at radius 3 is 1.63 bits per heavy atom. The first kappa shape index (κ1) is 26.4. The van der Waals surface area contributed by atoms with Gasteiger partial charge in [-0.15, -0.1) is 13.3 Å². The largest absolute Gasteiger partial charge is 0.457 e. The summed E-state index contributed by atoms with van der Waals surface area (Å²) >= 11 is 0. The van der Waals surface area contributed by atoms with Gasteiger partial charge in [-0.1, -0.05) is 18.2 Å². The highest BCUT2D eigenvalue weighted by Crippen LogP contribution is 2.36. The number of benzene rings is 3. The van der Waals surface area contributed by atoms with E-state index in [-0.39, 0.29) is 10.3 Å². The SMILES string of the molecule is C[n+]1c(F)c(F)c(Oc2c(F)c(F)c(C(=O)Nc3ccc(Oc4ccccc4)cc3)c(F)c2F)c(F)c1F. The van der Waals surface area contributed by atoms with Crippen LogP contribution in [0.5, 0.6) is 23.0 Å². The molecule has 196 valence electrons. The first-order valence-electron chi connectivity index (χ1n) is 10.4. The molecule has 0 aliphatic carbocycles. The van der Waals surface area contributed by atoms with Crippen molar-refractivity contribution in [1.82, 2.24) is 0 Å². The number of pyridine rings is 1. The van der Waals surface area contributed by atoms with Gasteiger partial charge in [-0.05, 0) is 36.4 Å². The number of aromatic nitrogens is 1. The summed E-state index contributed by atoms with van der Waals surface area (Å²) in [5, 5.41) is 2.02. The molecule has 0 atom stereocenters. The molecule has 1 amide bonds. The Kier molecular flexibility index (Phi) is 7.19. The standard InChI is InChI=1S/C25H12F8N2O3/c1-35-23(32)19(30)22(20(31)24(35)33)38-21-17(28)15(26)14(16(27)18(21)29)25(36)34-11-7-9-13(10-8-11)37-12-5-3-2-4-6-12/h2-10H,1H3/p+1. The van der Waals surface area contributed by atoms with Gasteiger partial charge in [0, 0.05) is 5.69 Å². The quantitative estimate of drug-likeness (QED) is 0.132. The molecule has 0 radical (unpaired) electrons. The number of anilines is 1. The molecule has 0 unspecified atom stereocenters. The Bertz CT molecular complexity index is 1490. The van der Waals surface area contributed by atoms with Crippen LogP contribution in [0.15, 0.2) is 54.6 Å². The summed E-state index contributed by atoms with van der Waals surface area (Å²) in [5.41, 5.74) is -1.79. The van der Waals surface area contributed by atoms with E-state index in [2.05, 4.69) is 4.74 Å². The maximum absolute atomic E-state index is 14.6. The summed E-state index contributed by atoms with van der Waals surface area (Å²) in [6.07, 6.45) is 0. The van der Waals surface area contributed by atoms with Gasteiger partial charge in [0.05, 0.1) is 0 Å². The van der Waals surface area contributed by atoms with E-state index in [1.54, 1.807) is 30.3 Å². The molecule has 0 saturated carbocycles. The molecule has 0 spiro atoms. The van der Waals surface area contributed by atoms with Crippen molar-refractivity contribution in [3.8, 4) is 23.0 Å². The minimum absolute atomic E-state index is 0.0531. The lowest BCUT2D eigenvalue weighted by atomic mass is 10.1. The lowest BCUT2D eigenvalue weighted by Gasteiger charge is -2.14. The van der Waals surface area contributed by atoms with Gasteiger partial charge >= 0.3 is 11.9 Å². The molecule has 0 fully saturated rings. The number of halogens is 8. The lowest BCUT2D eigenvalue weighted by molar-refractivity contribution is -0.730. The molecule has 1 heterocycles. The number of hydrogen-bond donors (Lipinski definition) is 1. The number of carbonyl (C=O) groups is 1. The van der Waals surface area contributed by atoms with Gasteiger partial charge in [0.2, 0.25) is 23.1 Å². The van der Waals surface area contributed by atoms with Gasteiger partial charge in [-0.25, -0.2) is 8.78 Å². The smallest absolute Gasteiger partial charge is 0.402 e. The third-order valence-electron chi connectivity index (χ3n) is 5.10. The van der Waals surface area contributed by atoms with Gasteiger partial charge in [0.1, 0.15) is 24.1 Å². The van der Waals surface area contributed by atoms with Crippen LogP contribution in [-0.4, -0.2) is 5.91 Å². The molecular weight excluding hydrogens is 528 g/mol. The molecule has 0 bridgehead atoms. The summed E-state index contributed by atoms with van der Waals surface area (Å²) in [7, 11) is 0.582. The Morgan fingerprint density at radius 2 is 1.11 bits per heavy atom. The number of rotatable bonds is 6. The molecule has 0 aliphatic heterocycles. The van der Waals surface area contributed by atoms with Crippen LogP contribution in [-0.2, 0) is 7.05 Å². The molecule has 1 aromatic heterocycles. The van der Waals surface area contributed by atoms with Crippen molar-refractivity contribution >= 4 is 11.6 Å². The number of carbonyl (C=O) groups excluding carboxylic acids is 1. The summed E-state index contributed by atoms with van der Waals surface area (Å²) in [6.45, 7) is 0. The minimum atomic E-state index is -2.39. The number of ether oxygens (including phenoxy) is 2. The van der Waals surface area contributed by atoms with Crippen LogP contribution < -0.4 is 19.4 Å². The maximum atomic E-state index is 14.6. The molecule has 5 nitrogen and oxygen atoms in total. The fraction of sp³-hybridized carbons (Fsp3) is 0.0400. The zero-order valence-corrected chi connectivity index (χ0v) is 18.9. The summed E-state index contributed by atoms with van der Waals surface area (Å²) in [6, 6.07) is 13.9. The van der Waals surface area contributed by atoms with Crippen LogP contribution in [0, 0.1) is 46.8 Å². The number of para-hydroxylation sites is 1. The highest BCUT2D eigenvalue weighted by atomic mass is 19.2. The van der Waals surface area contributed by atoms with Crippen molar-refractivity contribution in [2.45, 2.75) is 0 Å². The topological polar surface area (TPSA) is 51.4 Å². The van der Waals surface area contributed by atoms with Gasteiger partial charge in [-0.3, -0.25) is 4.79 Å². The highest BCUT2D eigenvalue weighted by Gasteiger charge is 2.36. The van der Waals surface area contributed by atoms with E-state index >= 15 is 0 Å². The Morgan fingerprint density at radius 1 is 0.632 bits per heavy atom. The van der Waals surface area contributed by atoms with E-state index in [1.807, 2.05) is 5.32 Å². The van der Waals surface area contributed by atoms with Gasteiger partial charge in [0.15, 0.2) is 11.6 Å². The molecule has 13 heteroatoms. The zero-order chi connectivity index (χ0) is 27.7. The van der Waals surface area contributed by atoms with Crippen LogP contribution in [0.25, 0.3) is 0 Å². The highest BCUT2D eigenvalue weighted by molar-refractivity contribution is 6.04. The van der Waals surface area contributed by atoms with Gasteiger partial charge in [-0.2, -0.15) is 17.6 Å². The number of nitrogens with one attached hydrogen (secondary N) is 1. The van der Waals surface area contributed by atoms with E-state index in [0.717, 1.165) is 0 Å². The van der Waals surface area contributed by atoms with Crippen molar-refractivity contribution < 1.29 is 54.0 Å². The normalized spacial score (nSPS) is 10.9. The maximum Gasteiger partial charge on any atom is 0.402 e. The molecule has 38 heavy (non-hydrogen) atoms. The van der Waals surface area contributed by atoms with Crippen molar-refractivity contribution in [3.05, 3.63) is 107 Å². The molecule has 4 aromatic rings. The molecule has 3 aromatic carbocycles. The van der Waals surface area contributed by atoms with Crippen molar-refractivity contribution in [2.24, 2.45) is 7.05 Å². The lowest BCUT2D eigenvalue weighted by Crippen LogP contribution is -2.40. The van der Waals surface area contributed by atoms with E-state index in [9.17, 15) is 39.9 Å². The number of nitrogens with zero attached hydrogens (tertiary/aromatic N) is 1. The Balaban J connectivity index is 1.61. The fourth-order valence-corrected chi connectivity index (χ4v) is 3.18. The summed E-state index contributed by atoms with van der Waals surface area (Å²) in [5.74, 6) is -22.9. The minimum Gasteiger partial charge on any atom is -0.457 e. The molecular formula is C25H13F8N2O3+. The van der Waals surface area contributed by atoms with E-state index in [1.165, 1.54) is 24.3 Å². The summed E-state index contributed by atoms with van der Waals surface area (Å²) < 4.78 is 123. The van der Waals surface area contributed by atoms with Crippen LogP contribution in [0.3, 0.4) is 0 Å². The van der Waals surface area contributed by atoms with Crippen LogP contribution >= 0.6 is 0 Å². The molecule has 0 saturated heterocycles. The van der Waals surface area contributed by atoms with E-state index in [4.69, 9.17) is 4.74 Å². The number of hydrogen-bond acceptors (Lipinski definition) is 3. The zero-order valence-electron chi connectivity index (χ0n) is 18.9. The fourth-order valence-electron chi connectivity index (χ4n) is 3.18. The Labute approximate surface area is 208 Å². The van der Waals surface area contributed by atoms with Crippen molar-refractivity contribution in [2.75, 3.05) is 5.32 Å². The van der Waals surface area contributed by atoms with Gasteiger partial charge < -0.3 is 14.8 Å². The van der Waals surface area contributed by atoms with Crippen molar-refractivity contribution in [3.63, 3.8) is 0 Å².